The van der Waals surface area contributed by atoms with Gasteiger partial charge < -0.3 is 9.88 Å². The first-order valence-corrected chi connectivity index (χ1v) is 13.3. The van der Waals surface area contributed by atoms with Crippen molar-refractivity contribution in [3.05, 3.63) is 158 Å². The molecule has 0 saturated heterocycles. The fourth-order valence-electron chi connectivity index (χ4n) is 5.12. The lowest BCUT2D eigenvalue weighted by atomic mass is 10.0. The monoisotopic (exact) mass is 502 g/mol. The minimum Gasteiger partial charge on any atom is -0.388 e. The van der Waals surface area contributed by atoms with Gasteiger partial charge in [-0.2, -0.15) is 0 Å². The number of rotatable bonds is 4. The van der Waals surface area contributed by atoms with Crippen LogP contribution in [-0.4, -0.2) is 11.6 Å². The molecule has 39 heavy (non-hydrogen) atoms. The summed E-state index contributed by atoms with van der Waals surface area (Å²) in [5.74, 6) is 0. The molecule has 7 aromatic rings. The van der Waals surface area contributed by atoms with E-state index in [1.54, 1.807) is 0 Å². The lowest BCUT2D eigenvalue weighted by molar-refractivity contribution is 1.18. The average molecular weight is 503 g/mol. The van der Waals surface area contributed by atoms with Crippen LogP contribution in [0.5, 0.6) is 0 Å². The van der Waals surface area contributed by atoms with Crippen molar-refractivity contribution in [2.45, 2.75) is 0 Å². The Hall–Kier alpha value is -5.08. The maximum Gasteiger partial charge on any atom is 0.0547 e. The van der Waals surface area contributed by atoms with Crippen LogP contribution >= 0.6 is 0 Å². The molecule has 0 spiro atoms. The van der Waals surface area contributed by atoms with Crippen LogP contribution in [0.4, 0.5) is 5.69 Å². The van der Waals surface area contributed by atoms with E-state index < -0.39 is 0 Å². The lowest BCUT2D eigenvalue weighted by Crippen LogP contribution is -1.93. The van der Waals surface area contributed by atoms with Gasteiger partial charge in [-0.1, -0.05) is 121 Å². The van der Waals surface area contributed by atoms with E-state index in [2.05, 4.69) is 155 Å². The molecule has 0 amide bonds. The highest BCUT2D eigenvalue weighted by Crippen LogP contribution is 2.35. The Kier molecular flexibility index (Phi) is 6.92. The van der Waals surface area contributed by atoms with Crippen LogP contribution in [0.1, 0.15) is 0 Å². The summed E-state index contributed by atoms with van der Waals surface area (Å²) in [5, 5.41) is 5.79. The molecular weight excluding hydrogens is 472 g/mol. The number of hydrogen-bond donors (Lipinski definition) is 1. The number of hydrogen-bond acceptors (Lipinski definition) is 1. The van der Waals surface area contributed by atoms with E-state index in [4.69, 9.17) is 0 Å². The molecule has 7 rings (SSSR count). The van der Waals surface area contributed by atoms with Crippen LogP contribution in [0.3, 0.4) is 0 Å². The fourth-order valence-corrected chi connectivity index (χ4v) is 5.12. The maximum atomic E-state index is 3.23. The predicted molar refractivity (Wildman–Crippen MR) is 168 cm³/mol. The molecule has 6 aromatic carbocycles. The molecule has 0 fully saturated rings. The van der Waals surface area contributed by atoms with E-state index in [9.17, 15) is 0 Å². The zero-order chi connectivity index (χ0) is 26.4. The Morgan fingerprint density at radius 1 is 0.410 bits per heavy atom. The second kappa shape index (κ2) is 11.1. The van der Waals surface area contributed by atoms with Crippen LogP contribution in [-0.2, 0) is 0 Å². The zero-order valence-corrected chi connectivity index (χ0v) is 22.0. The topological polar surface area (TPSA) is 17.0 Å². The summed E-state index contributed by atoms with van der Waals surface area (Å²) in [4.78, 5) is 0. The summed E-state index contributed by atoms with van der Waals surface area (Å²) in [5.41, 5.74) is 9.76. The van der Waals surface area contributed by atoms with E-state index in [0.717, 1.165) is 5.69 Å². The molecule has 0 radical (unpaired) electrons. The average Bonchev–Trinajstić information content (AvgIpc) is 3.36. The van der Waals surface area contributed by atoms with Crippen molar-refractivity contribution in [3.63, 3.8) is 0 Å². The second-order valence-corrected chi connectivity index (χ2v) is 9.48. The first kappa shape index (κ1) is 24.3. The van der Waals surface area contributed by atoms with Gasteiger partial charge in [-0.25, -0.2) is 0 Å². The highest BCUT2D eigenvalue weighted by molar-refractivity contribution is 6.10. The van der Waals surface area contributed by atoms with Gasteiger partial charge in [-0.15, -0.1) is 0 Å². The number of nitrogens with one attached hydrogen (secondary N) is 1. The summed E-state index contributed by atoms with van der Waals surface area (Å²) < 4.78 is 2.36. The van der Waals surface area contributed by atoms with Gasteiger partial charge in [0.05, 0.1) is 11.0 Å². The molecule has 1 heterocycles. The lowest BCUT2D eigenvalue weighted by Gasteiger charge is -2.09. The first-order chi connectivity index (χ1) is 19.3. The van der Waals surface area contributed by atoms with Gasteiger partial charge in [-0.3, -0.25) is 0 Å². The van der Waals surface area contributed by atoms with Crippen molar-refractivity contribution >= 4 is 27.5 Å². The fraction of sp³-hybridized carbons (Fsp3) is 0.0270. The van der Waals surface area contributed by atoms with Gasteiger partial charge in [0.2, 0.25) is 0 Å². The Labute approximate surface area is 229 Å². The summed E-state index contributed by atoms with van der Waals surface area (Å²) in [6, 6.07) is 55.3. The summed E-state index contributed by atoms with van der Waals surface area (Å²) in [6.07, 6.45) is 0. The standard InChI is InChI=1S/C25H20N2.C12H10/c1-26-20-9-7-8-18(16-20)19-14-15-23-22-12-5-6-13-24(22)27(25(23)17-19)21-10-3-2-4-11-21;1-3-7-11(8-4-1)12-9-5-2-6-10-12/h2-17,26H,1H3;1-10H. The highest BCUT2D eigenvalue weighted by Gasteiger charge is 2.12. The van der Waals surface area contributed by atoms with Gasteiger partial charge in [0.15, 0.2) is 0 Å². The van der Waals surface area contributed by atoms with Crippen LogP contribution in [0.2, 0.25) is 0 Å². The minimum atomic E-state index is 1.12. The van der Waals surface area contributed by atoms with Gasteiger partial charge in [0, 0.05) is 29.2 Å². The van der Waals surface area contributed by atoms with Crippen LogP contribution in [0.25, 0.3) is 49.7 Å². The van der Waals surface area contributed by atoms with Crippen molar-refractivity contribution in [3.8, 4) is 27.9 Å². The molecule has 1 aromatic heterocycles. The van der Waals surface area contributed by atoms with Gasteiger partial charge >= 0.3 is 0 Å². The van der Waals surface area contributed by atoms with E-state index in [0.29, 0.717) is 0 Å². The van der Waals surface area contributed by atoms with Gasteiger partial charge in [-0.05, 0) is 58.7 Å². The largest absolute Gasteiger partial charge is 0.388 e. The molecule has 0 atom stereocenters. The van der Waals surface area contributed by atoms with Gasteiger partial charge in [0.25, 0.3) is 0 Å². The van der Waals surface area contributed by atoms with Crippen molar-refractivity contribution in [1.29, 1.82) is 0 Å². The van der Waals surface area contributed by atoms with Crippen molar-refractivity contribution in [2.24, 2.45) is 0 Å². The smallest absolute Gasteiger partial charge is 0.0547 e. The third kappa shape index (κ3) is 5.05. The second-order valence-electron chi connectivity index (χ2n) is 9.48. The molecule has 0 aliphatic carbocycles. The molecule has 0 bridgehead atoms. The van der Waals surface area contributed by atoms with Crippen LogP contribution in [0.15, 0.2) is 158 Å². The highest BCUT2D eigenvalue weighted by atomic mass is 15.0. The first-order valence-electron chi connectivity index (χ1n) is 13.3. The SMILES string of the molecule is CNc1cccc(-c2ccc3c4ccccc4n(-c4ccccc4)c3c2)c1.c1ccc(-c2ccccc2)cc1. The Bertz CT molecular complexity index is 1780. The number of benzene rings is 6. The van der Waals surface area contributed by atoms with E-state index in [1.165, 1.54) is 49.7 Å². The Morgan fingerprint density at radius 3 is 1.62 bits per heavy atom. The van der Waals surface area contributed by atoms with Crippen molar-refractivity contribution in [1.82, 2.24) is 4.57 Å². The van der Waals surface area contributed by atoms with Crippen LogP contribution in [0, 0.1) is 0 Å². The maximum absolute atomic E-state index is 3.23. The van der Waals surface area contributed by atoms with Crippen molar-refractivity contribution < 1.29 is 0 Å². The van der Waals surface area contributed by atoms with Crippen molar-refractivity contribution in [2.75, 3.05) is 12.4 Å². The van der Waals surface area contributed by atoms with Gasteiger partial charge in [0.1, 0.15) is 0 Å². The van der Waals surface area contributed by atoms with E-state index >= 15 is 0 Å². The summed E-state index contributed by atoms with van der Waals surface area (Å²) >= 11 is 0. The zero-order valence-electron chi connectivity index (χ0n) is 22.0. The molecule has 188 valence electrons. The van der Waals surface area contributed by atoms with E-state index in [1.807, 2.05) is 19.2 Å². The molecule has 2 heteroatoms. The third-order valence-electron chi connectivity index (χ3n) is 7.05. The normalized spacial score (nSPS) is 10.7. The minimum absolute atomic E-state index is 1.12. The quantitative estimate of drug-likeness (QED) is 0.253. The van der Waals surface area contributed by atoms with E-state index in [-0.39, 0.29) is 0 Å². The number of para-hydroxylation sites is 2. The number of anilines is 1. The number of fused-ring (bicyclic) bond motifs is 3. The Balaban J connectivity index is 0.000000193. The van der Waals surface area contributed by atoms with Crippen LogP contribution < -0.4 is 5.32 Å². The summed E-state index contributed by atoms with van der Waals surface area (Å²) in [6.45, 7) is 0. The molecule has 2 nitrogen and oxygen atoms in total. The third-order valence-corrected chi connectivity index (χ3v) is 7.05. The molecule has 0 aliphatic rings. The summed E-state index contributed by atoms with van der Waals surface area (Å²) in [7, 11) is 1.95. The molecule has 0 aliphatic heterocycles. The molecule has 0 unspecified atom stereocenters. The number of nitrogens with zero attached hydrogens (tertiary/aromatic N) is 1. The predicted octanol–water partition coefficient (Wildman–Crippen LogP) is 9.85. The Morgan fingerprint density at radius 2 is 0.949 bits per heavy atom. The molecular formula is C37H30N2. The number of aromatic nitrogens is 1. The molecule has 0 saturated carbocycles. The molecule has 1 N–H and O–H groups in total.